The van der Waals surface area contributed by atoms with Crippen LogP contribution in [0, 0.1) is 13.8 Å². The van der Waals surface area contributed by atoms with Crippen LogP contribution in [0.5, 0.6) is 5.75 Å². The number of hydrogen-bond acceptors (Lipinski definition) is 2. The molecule has 2 aromatic rings. The Hall–Kier alpha value is -1.80. The second-order valence-electron chi connectivity index (χ2n) is 5.02. The number of hydrogen-bond donors (Lipinski definition) is 1. The van der Waals surface area contributed by atoms with Gasteiger partial charge >= 0.3 is 0 Å². The highest BCUT2D eigenvalue weighted by molar-refractivity contribution is 5.45. The molecule has 0 aromatic heterocycles. The number of methoxy groups -OCH3 is 1. The van der Waals surface area contributed by atoms with Crippen molar-refractivity contribution in [3.05, 3.63) is 64.7 Å². The van der Waals surface area contributed by atoms with Crippen LogP contribution < -0.4 is 10.1 Å². The summed E-state index contributed by atoms with van der Waals surface area (Å²) in [6.45, 7) is 7.39. The highest BCUT2D eigenvalue weighted by atomic mass is 16.5. The van der Waals surface area contributed by atoms with E-state index < -0.39 is 0 Å². The van der Waals surface area contributed by atoms with E-state index in [-0.39, 0.29) is 6.04 Å². The van der Waals surface area contributed by atoms with Gasteiger partial charge in [0, 0.05) is 5.56 Å². The van der Waals surface area contributed by atoms with Gasteiger partial charge < -0.3 is 10.1 Å². The fourth-order valence-corrected chi connectivity index (χ4v) is 2.58. The SMILES string of the molecule is CCNC(c1ccccc1OC)c1cccc(C)c1C. The maximum absolute atomic E-state index is 5.52. The number of aryl methyl sites for hydroxylation is 1. The molecule has 0 radical (unpaired) electrons. The van der Waals surface area contributed by atoms with Crippen molar-refractivity contribution in [1.82, 2.24) is 5.32 Å². The van der Waals surface area contributed by atoms with Gasteiger partial charge in [-0.2, -0.15) is 0 Å². The van der Waals surface area contributed by atoms with Crippen molar-refractivity contribution in [1.29, 1.82) is 0 Å². The smallest absolute Gasteiger partial charge is 0.123 e. The van der Waals surface area contributed by atoms with Crippen molar-refractivity contribution < 1.29 is 4.74 Å². The van der Waals surface area contributed by atoms with Gasteiger partial charge in [0.15, 0.2) is 0 Å². The van der Waals surface area contributed by atoms with Gasteiger partial charge in [-0.3, -0.25) is 0 Å². The van der Waals surface area contributed by atoms with Crippen LogP contribution in [0.2, 0.25) is 0 Å². The minimum atomic E-state index is 0.163. The van der Waals surface area contributed by atoms with E-state index in [1.165, 1.54) is 22.3 Å². The number of para-hydroxylation sites is 1. The first-order valence-electron chi connectivity index (χ1n) is 7.11. The molecule has 2 aromatic carbocycles. The quantitative estimate of drug-likeness (QED) is 0.885. The summed E-state index contributed by atoms with van der Waals surface area (Å²) in [7, 11) is 1.73. The van der Waals surface area contributed by atoms with E-state index in [1.54, 1.807) is 7.11 Å². The third-order valence-corrected chi connectivity index (χ3v) is 3.82. The van der Waals surface area contributed by atoms with E-state index >= 15 is 0 Å². The first-order valence-corrected chi connectivity index (χ1v) is 7.11. The maximum atomic E-state index is 5.52. The molecule has 0 saturated heterocycles. The van der Waals surface area contributed by atoms with Crippen LogP contribution >= 0.6 is 0 Å². The van der Waals surface area contributed by atoms with Crippen LogP contribution in [0.4, 0.5) is 0 Å². The largest absolute Gasteiger partial charge is 0.496 e. The molecule has 0 amide bonds. The molecule has 1 unspecified atom stereocenters. The van der Waals surface area contributed by atoms with Crippen molar-refractivity contribution >= 4 is 0 Å². The Bertz CT molecular complexity index is 577. The fraction of sp³-hybridized carbons (Fsp3) is 0.333. The number of rotatable bonds is 5. The third kappa shape index (κ3) is 2.86. The predicted octanol–water partition coefficient (Wildman–Crippen LogP) is 4.01. The maximum Gasteiger partial charge on any atom is 0.123 e. The lowest BCUT2D eigenvalue weighted by atomic mass is 9.92. The first kappa shape index (κ1) is 14.6. The molecule has 0 bridgehead atoms. The summed E-state index contributed by atoms with van der Waals surface area (Å²) in [6, 6.07) is 14.9. The van der Waals surface area contributed by atoms with Crippen molar-refractivity contribution in [2.45, 2.75) is 26.8 Å². The monoisotopic (exact) mass is 269 g/mol. The number of nitrogens with one attached hydrogen (secondary N) is 1. The molecule has 2 nitrogen and oxygen atoms in total. The standard InChI is InChI=1S/C18H23NO/c1-5-19-18(15-11-8-9-13(2)14(15)3)16-10-6-7-12-17(16)20-4/h6-12,18-19H,5H2,1-4H3. The van der Waals surface area contributed by atoms with Gasteiger partial charge in [-0.15, -0.1) is 0 Å². The van der Waals surface area contributed by atoms with Crippen LogP contribution in [0.25, 0.3) is 0 Å². The summed E-state index contributed by atoms with van der Waals surface area (Å²) in [4.78, 5) is 0. The lowest BCUT2D eigenvalue weighted by Crippen LogP contribution is -2.23. The van der Waals surface area contributed by atoms with Gasteiger partial charge in [0.2, 0.25) is 0 Å². The Morgan fingerprint density at radius 2 is 1.70 bits per heavy atom. The average molecular weight is 269 g/mol. The zero-order valence-electron chi connectivity index (χ0n) is 12.7. The highest BCUT2D eigenvalue weighted by Gasteiger charge is 2.19. The van der Waals surface area contributed by atoms with E-state index in [4.69, 9.17) is 4.74 Å². The van der Waals surface area contributed by atoms with Crippen LogP contribution in [0.1, 0.15) is 35.2 Å². The fourth-order valence-electron chi connectivity index (χ4n) is 2.58. The first-order chi connectivity index (χ1) is 9.69. The molecule has 0 spiro atoms. The van der Waals surface area contributed by atoms with E-state index in [9.17, 15) is 0 Å². The minimum absolute atomic E-state index is 0.163. The van der Waals surface area contributed by atoms with Gasteiger partial charge in [0.1, 0.15) is 5.75 Å². The third-order valence-electron chi connectivity index (χ3n) is 3.82. The molecule has 2 heteroatoms. The molecule has 2 rings (SSSR count). The van der Waals surface area contributed by atoms with E-state index in [0.29, 0.717) is 0 Å². The van der Waals surface area contributed by atoms with Crippen LogP contribution in [-0.4, -0.2) is 13.7 Å². The van der Waals surface area contributed by atoms with Crippen molar-refractivity contribution in [3.63, 3.8) is 0 Å². The van der Waals surface area contributed by atoms with E-state index in [2.05, 4.69) is 56.4 Å². The Morgan fingerprint density at radius 3 is 2.40 bits per heavy atom. The Morgan fingerprint density at radius 1 is 1.00 bits per heavy atom. The Balaban J connectivity index is 2.53. The zero-order chi connectivity index (χ0) is 14.5. The van der Waals surface area contributed by atoms with Gasteiger partial charge in [0.25, 0.3) is 0 Å². The van der Waals surface area contributed by atoms with Crippen molar-refractivity contribution in [2.24, 2.45) is 0 Å². The van der Waals surface area contributed by atoms with Crippen LogP contribution in [0.15, 0.2) is 42.5 Å². The van der Waals surface area contributed by atoms with E-state index in [1.807, 2.05) is 12.1 Å². The number of ether oxygens (including phenoxy) is 1. The summed E-state index contributed by atoms with van der Waals surface area (Å²) >= 11 is 0. The van der Waals surface area contributed by atoms with Crippen molar-refractivity contribution in [3.8, 4) is 5.75 Å². The Labute approximate surface area is 121 Å². The Kier molecular flexibility index (Phi) is 4.80. The minimum Gasteiger partial charge on any atom is -0.496 e. The summed E-state index contributed by atoms with van der Waals surface area (Å²) in [5.74, 6) is 0.930. The molecule has 0 saturated carbocycles. The molecule has 1 atom stereocenters. The van der Waals surface area contributed by atoms with Gasteiger partial charge in [-0.05, 0) is 43.1 Å². The molecule has 1 N–H and O–H groups in total. The molecule has 106 valence electrons. The zero-order valence-corrected chi connectivity index (χ0v) is 12.7. The second-order valence-corrected chi connectivity index (χ2v) is 5.02. The van der Waals surface area contributed by atoms with Crippen molar-refractivity contribution in [2.75, 3.05) is 13.7 Å². The summed E-state index contributed by atoms with van der Waals surface area (Å²) < 4.78 is 5.52. The molecule has 0 aliphatic rings. The lowest BCUT2D eigenvalue weighted by molar-refractivity contribution is 0.404. The summed E-state index contributed by atoms with van der Waals surface area (Å²) in [5, 5.41) is 3.58. The van der Waals surface area contributed by atoms with Gasteiger partial charge in [-0.25, -0.2) is 0 Å². The van der Waals surface area contributed by atoms with Crippen LogP contribution in [0.3, 0.4) is 0 Å². The molecule has 0 aliphatic carbocycles. The molecule has 0 heterocycles. The van der Waals surface area contributed by atoms with Gasteiger partial charge in [0.05, 0.1) is 13.2 Å². The molecular weight excluding hydrogens is 246 g/mol. The molecule has 0 fully saturated rings. The molecule has 0 aliphatic heterocycles. The lowest BCUT2D eigenvalue weighted by Gasteiger charge is -2.23. The normalized spacial score (nSPS) is 12.2. The highest BCUT2D eigenvalue weighted by Crippen LogP contribution is 2.32. The van der Waals surface area contributed by atoms with Crippen LogP contribution in [-0.2, 0) is 0 Å². The summed E-state index contributed by atoms with van der Waals surface area (Å²) in [5.41, 5.74) is 5.16. The molecular formula is C18H23NO. The summed E-state index contributed by atoms with van der Waals surface area (Å²) in [6.07, 6.45) is 0. The number of benzene rings is 2. The van der Waals surface area contributed by atoms with E-state index in [0.717, 1.165) is 12.3 Å². The molecule has 20 heavy (non-hydrogen) atoms. The topological polar surface area (TPSA) is 21.3 Å². The predicted molar refractivity (Wildman–Crippen MR) is 84.4 cm³/mol. The van der Waals surface area contributed by atoms with Gasteiger partial charge in [-0.1, -0.05) is 43.3 Å². The average Bonchev–Trinajstić information content (AvgIpc) is 2.48. The second kappa shape index (κ2) is 6.58.